The second kappa shape index (κ2) is 6.01. The summed E-state index contributed by atoms with van der Waals surface area (Å²) < 4.78 is 13.7. The van der Waals surface area contributed by atoms with Crippen LogP contribution in [0.1, 0.15) is 24.8 Å². The van der Waals surface area contributed by atoms with Crippen LogP contribution in [0.2, 0.25) is 0 Å². The molecule has 2 rings (SSSR count). The van der Waals surface area contributed by atoms with Gasteiger partial charge in [0.1, 0.15) is 5.82 Å². The summed E-state index contributed by atoms with van der Waals surface area (Å²) in [5, 5.41) is 2.89. The van der Waals surface area contributed by atoms with Gasteiger partial charge < -0.3 is 11.1 Å². The molecule has 0 bridgehead atoms. The topological polar surface area (TPSA) is 55.1 Å². The first kappa shape index (κ1) is 14.5. The van der Waals surface area contributed by atoms with Gasteiger partial charge in [0, 0.05) is 11.6 Å². The zero-order valence-electron chi connectivity index (χ0n) is 10.9. The summed E-state index contributed by atoms with van der Waals surface area (Å²) in [6.07, 6.45) is 2.95. The van der Waals surface area contributed by atoms with Crippen molar-refractivity contribution in [1.82, 2.24) is 0 Å². The molecule has 104 valence electrons. The lowest BCUT2D eigenvalue weighted by Gasteiger charge is -2.18. The Labute approximate surface area is 120 Å². The van der Waals surface area contributed by atoms with Crippen molar-refractivity contribution in [2.45, 2.75) is 26.2 Å². The van der Waals surface area contributed by atoms with Crippen LogP contribution in [-0.4, -0.2) is 12.5 Å². The van der Waals surface area contributed by atoms with Gasteiger partial charge in [-0.25, -0.2) is 4.39 Å². The molecule has 0 spiro atoms. The van der Waals surface area contributed by atoms with Gasteiger partial charge in [0.05, 0.1) is 4.47 Å². The lowest BCUT2D eigenvalue weighted by atomic mass is 9.95. The number of benzene rings is 1. The largest absolute Gasteiger partial charge is 0.330 e. The molecule has 0 aromatic heterocycles. The molecule has 1 aromatic carbocycles. The van der Waals surface area contributed by atoms with Crippen LogP contribution in [0.4, 0.5) is 10.1 Å². The molecule has 1 aliphatic carbocycles. The van der Waals surface area contributed by atoms with Crippen molar-refractivity contribution < 1.29 is 9.18 Å². The molecule has 1 fully saturated rings. The summed E-state index contributed by atoms with van der Waals surface area (Å²) in [6, 6.07) is 3.02. The number of rotatable bonds is 3. The Bertz CT molecular complexity index is 493. The normalized spacial score (nSPS) is 22.5. The van der Waals surface area contributed by atoms with E-state index in [0.717, 1.165) is 24.8 Å². The number of nitrogens with one attached hydrogen (secondary N) is 1. The second-order valence-electron chi connectivity index (χ2n) is 5.10. The van der Waals surface area contributed by atoms with Crippen molar-refractivity contribution in [3.05, 3.63) is 28.0 Å². The monoisotopic (exact) mass is 328 g/mol. The summed E-state index contributed by atoms with van der Waals surface area (Å²) in [6.45, 7) is 2.32. The van der Waals surface area contributed by atoms with Crippen molar-refractivity contribution in [2.24, 2.45) is 17.6 Å². The van der Waals surface area contributed by atoms with E-state index >= 15 is 0 Å². The lowest BCUT2D eigenvalue weighted by molar-refractivity contribution is -0.120. The summed E-state index contributed by atoms with van der Waals surface area (Å²) in [4.78, 5) is 12.3. The molecule has 3 N–H and O–H groups in total. The first-order valence-electron chi connectivity index (χ1n) is 6.49. The predicted octanol–water partition coefficient (Wildman–Crippen LogP) is 3.21. The predicted molar refractivity (Wildman–Crippen MR) is 77.4 cm³/mol. The first-order chi connectivity index (χ1) is 9.02. The van der Waals surface area contributed by atoms with Crippen LogP contribution in [-0.2, 0) is 4.79 Å². The number of hydrogen-bond donors (Lipinski definition) is 2. The van der Waals surface area contributed by atoms with Crippen molar-refractivity contribution in [2.75, 3.05) is 11.9 Å². The number of hydrogen-bond acceptors (Lipinski definition) is 2. The van der Waals surface area contributed by atoms with Crippen LogP contribution >= 0.6 is 15.9 Å². The van der Waals surface area contributed by atoms with E-state index in [-0.39, 0.29) is 23.6 Å². The Morgan fingerprint density at radius 2 is 2.26 bits per heavy atom. The fourth-order valence-electron chi connectivity index (χ4n) is 2.67. The average Bonchev–Trinajstić information content (AvgIpc) is 2.84. The molecule has 0 radical (unpaired) electrons. The zero-order valence-corrected chi connectivity index (χ0v) is 12.5. The highest BCUT2D eigenvalue weighted by molar-refractivity contribution is 9.10. The van der Waals surface area contributed by atoms with Gasteiger partial charge >= 0.3 is 0 Å². The van der Waals surface area contributed by atoms with E-state index in [0.29, 0.717) is 16.7 Å². The van der Waals surface area contributed by atoms with E-state index in [1.807, 2.05) is 0 Å². The third-order valence-electron chi connectivity index (χ3n) is 3.82. The average molecular weight is 329 g/mol. The Morgan fingerprint density at radius 3 is 2.95 bits per heavy atom. The maximum Gasteiger partial charge on any atom is 0.227 e. The Balaban J connectivity index is 2.13. The number of amides is 1. The third kappa shape index (κ3) is 3.15. The van der Waals surface area contributed by atoms with E-state index in [4.69, 9.17) is 5.73 Å². The Morgan fingerprint density at radius 1 is 1.53 bits per heavy atom. The van der Waals surface area contributed by atoms with Gasteiger partial charge in [-0.2, -0.15) is 0 Å². The molecule has 0 saturated heterocycles. The van der Waals surface area contributed by atoms with Crippen LogP contribution in [0.5, 0.6) is 0 Å². The lowest BCUT2D eigenvalue weighted by Crippen LogP contribution is -2.30. The van der Waals surface area contributed by atoms with Crippen LogP contribution < -0.4 is 11.1 Å². The minimum atomic E-state index is -0.323. The van der Waals surface area contributed by atoms with Crippen molar-refractivity contribution in [1.29, 1.82) is 0 Å². The fraction of sp³-hybridized carbons (Fsp3) is 0.500. The van der Waals surface area contributed by atoms with Crippen molar-refractivity contribution in [3.63, 3.8) is 0 Å². The molecule has 1 saturated carbocycles. The zero-order chi connectivity index (χ0) is 14.0. The van der Waals surface area contributed by atoms with Gasteiger partial charge in [0.15, 0.2) is 0 Å². The Hall–Kier alpha value is -0.940. The van der Waals surface area contributed by atoms with Gasteiger partial charge in [-0.05, 0) is 65.9 Å². The second-order valence-corrected chi connectivity index (χ2v) is 5.96. The highest BCUT2D eigenvalue weighted by Gasteiger charge is 2.32. The maximum absolute atomic E-state index is 13.3. The summed E-state index contributed by atoms with van der Waals surface area (Å²) in [5.74, 6) is -0.0804. The Kier molecular flexibility index (Phi) is 4.58. The molecule has 0 heterocycles. The minimum absolute atomic E-state index is 0.00504. The van der Waals surface area contributed by atoms with E-state index in [1.54, 1.807) is 13.0 Å². The molecule has 19 heavy (non-hydrogen) atoms. The molecule has 2 atom stereocenters. The quantitative estimate of drug-likeness (QED) is 0.895. The number of anilines is 1. The summed E-state index contributed by atoms with van der Waals surface area (Å²) in [5.41, 5.74) is 7.06. The van der Waals surface area contributed by atoms with Gasteiger partial charge in [-0.1, -0.05) is 6.42 Å². The summed E-state index contributed by atoms with van der Waals surface area (Å²) >= 11 is 3.13. The molecule has 1 aromatic rings. The number of carbonyl (C=O) groups excluding carboxylic acids is 1. The van der Waals surface area contributed by atoms with E-state index < -0.39 is 0 Å². The van der Waals surface area contributed by atoms with Gasteiger partial charge in [0.2, 0.25) is 5.91 Å². The highest BCUT2D eigenvalue weighted by atomic mass is 79.9. The maximum atomic E-state index is 13.3. The molecule has 3 nitrogen and oxygen atoms in total. The van der Waals surface area contributed by atoms with Crippen LogP contribution in [0, 0.1) is 24.6 Å². The summed E-state index contributed by atoms with van der Waals surface area (Å²) in [7, 11) is 0. The fourth-order valence-corrected chi connectivity index (χ4v) is 3.01. The SMILES string of the molecule is Cc1cc(F)c(Br)cc1NC(=O)C1CCCC1CN. The molecular formula is C14H18BrFN2O. The smallest absolute Gasteiger partial charge is 0.227 e. The van der Waals surface area contributed by atoms with E-state index in [9.17, 15) is 9.18 Å². The molecule has 1 amide bonds. The van der Waals surface area contributed by atoms with Crippen LogP contribution in [0.15, 0.2) is 16.6 Å². The third-order valence-corrected chi connectivity index (χ3v) is 4.43. The molecule has 5 heteroatoms. The number of aryl methyl sites for hydroxylation is 1. The van der Waals surface area contributed by atoms with E-state index in [1.165, 1.54) is 6.07 Å². The van der Waals surface area contributed by atoms with E-state index in [2.05, 4.69) is 21.2 Å². The molecule has 0 aliphatic heterocycles. The number of halogens is 2. The molecular weight excluding hydrogens is 311 g/mol. The van der Waals surface area contributed by atoms with Gasteiger partial charge in [0.25, 0.3) is 0 Å². The highest BCUT2D eigenvalue weighted by Crippen LogP contribution is 2.32. The van der Waals surface area contributed by atoms with Crippen LogP contribution in [0.25, 0.3) is 0 Å². The molecule has 2 unspecified atom stereocenters. The minimum Gasteiger partial charge on any atom is -0.330 e. The molecule has 1 aliphatic rings. The number of nitrogens with two attached hydrogens (primary N) is 1. The van der Waals surface area contributed by atoms with Gasteiger partial charge in [-0.15, -0.1) is 0 Å². The van der Waals surface area contributed by atoms with Crippen LogP contribution in [0.3, 0.4) is 0 Å². The number of carbonyl (C=O) groups is 1. The first-order valence-corrected chi connectivity index (χ1v) is 7.28. The van der Waals surface area contributed by atoms with Crippen molar-refractivity contribution in [3.8, 4) is 0 Å². The van der Waals surface area contributed by atoms with Crippen molar-refractivity contribution >= 4 is 27.5 Å². The standard InChI is InChI=1S/C14H18BrFN2O/c1-8-5-12(16)11(15)6-13(8)18-14(19)10-4-2-3-9(10)7-17/h5-6,9-10H,2-4,7,17H2,1H3,(H,18,19). The van der Waals surface area contributed by atoms with Gasteiger partial charge in [-0.3, -0.25) is 4.79 Å².